The Morgan fingerprint density at radius 2 is 2.19 bits per heavy atom. The van der Waals surface area contributed by atoms with E-state index < -0.39 is 0 Å². The Morgan fingerprint density at radius 3 is 2.81 bits per heavy atom. The summed E-state index contributed by atoms with van der Waals surface area (Å²) in [6.07, 6.45) is 1.61. The van der Waals surface area contributed by atoms with Gasteiger partial charge in [-0.1, -0.05) is 5.16 Å². The summed E-state index contributed by atoms with van der Waals surface area (Å²) in [5.41, 5.74) is 7.49. The maximum atomic E-state index is 5.74. The van der Waals surface area contributed by atoms with E-state index in [9.17, 15) is 0 Å². The molecule has 0 atom stereocenters. The van der Waals surface area contributed by atoms with Crippen LogP contribution in [0.3, 0.4) is 0 Å². The molecule has 0 radical (unpaired) electrons. The van der Waals surface area contributed by atoms with Crippen molar-refractivity contribution in [1.29, 1.82) is 0 Å². The van der Waals surface area contributed by atoms with Gasteiger partial charge in [-0.15, -0.1) is 0 Å². The van der Waals surface area contributed by atoms with Crippen molar-refractivity contribution in [2.24, 2.45) is 0 Å². The quantitative estimate of drug-likeness (QED) is 0.751. The maximum Gasteiger partial charge on any atom is 0.233 e. The molecule has 108 valence electrons. The molecule has 0 saturated carbocycles. The van der Waals surface area contributed by atoms with Crippen molar-refractivity contribution >= 4 is 17.6 Å². The van der Waals surface area contributed by atoms with E-state index in [2.05, 4.69) is 25.3 Å². The third-order valence-corrected chi connectivity index (χ3v) is 2.87. The molecule has 21 heavy (non-hydrogen) atoms. The Balaban J connectivity index is 1.98. The topological polar surface area (TPSA) is 110 Å². The molecule has 0 unspecified atom stereocenters. The number of aryl methyl sites for hydroxylation is 2. The van der Waals surface area contributed by atoms with E-state index in [1.807, 2.05) is 26.0 Å². The highest BCUT2D eigenvalue weighted by molar-refractivity contribution is 5.54. The lowest BCUT2D eigenvalue weighted by molar-refractivity contribution is 0.380. The van der Waals surface area contributed by atoms with Crippen molar-refractivity contribution in [3.05, 3.63) is 41.5 Å². The van der Waals surface area contributed by atoms with Gasteiger partial charge in [-0.05, 0) is 19.9 Å². The second-order valence-electron chi connectivity index (χ2n) is 4.71. The Bertz CT molecular complexity index is 748. The van der Waals surface area contributed by atoms with Crippen molar-refractivity contribution in [2.75, 3.05) is 10.6 Å². The highest BCUT2D eigenvalue weighted by Crippen LogP contribution is 2.23. The first-order valence-corrected chi connectivity index (χ1v) is 6.42. The number of aromatic nitrogens is 5. The second kappa shape index (κ2) is 5.23. The highest BCUT2D eigenvalue weighted by Gasteiger charge is 2.18. The number of aromatic amines is 1. The molecule has 3 rings (SSSR count). The molecule has 0 aliphatic rings. The number of nitrogens with one attached hydrogen (secondary N) is 1. The fraction of sp³-hybridized carbons (Fsp3) is 0.231. The zero-order valence-corrected chi connectivity index (χ0v) is 11.7. The summed E-state index contributed by atoms with van der Waals surface area (Å²) >= 11 is 0. The van der Waals surface area contributed by atoms with Gasteiger partial charge in [-0.2, -0.15) is 10.1 Å². The number of hydrogen-bond donors (Lipinski definition) is 2. The van der Waals surface area contributed by atoms with Gasteiger partial charge in [0.25, 0.3) is 0 Å². The largest absolute Gasteiger partial charge is 0.384 e. The molecule has 3 aromatic heterocycles. The zero-order valence-electron chi connectivity index (χ0n) is 11.7. The number of anilines is 3. The van der Waals surface area contributed by atoms with E-state index in [0.717, 1.165) is 11.4 Å². The number of nitrogen functional groups attached to an aromatic ring is 1. The van der Waals surface area contributed by atoms with Crippen molar-refractivity contribution in [3.63, 3.8) is 0 Å². The van der Waals surface area contributed by atoms with Gasteiger partial charge < -0.3 is 10.3 Å². The van der Waals surface area contributed by atoms with Crippen LogP contribution in [0.2, 0.25) is 0 Å². The first-order valence-electron chi connectivity index (χ1n) is 6.42. The molecule has 0 amide bonds. The van der Waals surface area contributed by atoms with Gasteiger partial charge in [0, 0.05) is 24.0 Å². The van der Waals surface area contributed by atoms with Gasteiger partial charge in [-0.3, -0.25) is 10.00 Å². The molecule has 0 bridgehead atoms. The third kappa shape index (κ3) is 2.83. The van der Waals surface area contributed by atoms with Crippen molar-refractivity contribution in [2.45, 2.75) is 20.4 Å². The van der Waals surface area contributed by atoms with Crippen molar-refractivity contribution < 1.29 is 4.52 Å². The monoisotopic (exact) mass is 285 g/mol. The van der Waals surface area contributed by atoms with Gasteiger partial charge >= 0.3 is 0 Å². The number of nitrogens with two attached hydrogens (primary N) is 1. The minimum absolute atomic E-state index is 0.394. The first kappa shape index (κ1) is 13.1. The van der Waals surface area contributed by atoms with E-state index >= 15 is 0 Å². The second-order valence-corrected chi connectivity index (χ2v) is 4.71. The summed E-state index contributed by atoms with van der Waals surface area (Å²) in [4.78, 5) is 10.3. The van der Waals surface area contributed by atoms with Gasteiger partial charge in [0.2, 0.25) is 5.95 Å². The van der Waals surface area contributed by atoms with E-state index in [0.29, 0.717) is 29.9 Å². The normalized spacial score (nSPS) is 10.8. The summed E-state index contributed by atoms with van der Waals surface area (Å²) in [7, 11) is 0. The number of H-pyrrole nitrogens is 1. The molecule has 0 aliphatic carbocycles. The van der Waals surface area contributed by atoms with E-state index in [1.54, 1.807) is 17.2 Å². The lowest BCUT2D eigenvalue weighted by Gasteiger charge is -2.18. The van der Waals surface area contributed by atoms with Crippen LogP contribution < -0.4 is 10.6 Å². The minimum Gasteiger partial charge on any atom is -0.384 e. The van der Waals surface area contributed by atoms with Crippen LogP contribution in [0.4, 0.5) is 17.6 Å². The SMILES string of the molecule is Cc1cc(CN(c2cc(C)[nH]n2)c2nccc(N)n2)on1. The predicted molar refractivity (Wildman–Crippen MR) is 76.9 cm³/mol. The van der Waals surface area contributed by atoms with Gasteiger partial charge in [-0.25, -0.2) is 4.98 Å². The fourth-order valence-electron chi connectivity index (χ4n) is 1.93. The van der Waals surface area contributed by atoms with Crippen LogP contribution in [-0.2, 0) is 6.54 Å². The molecule has 3 N–H and O–H groups in total. The highest BCUT2D eigenvalue weighted by atomic mass is 16.5. The number of hydrogen-bond acceptors (Lipinski definition) is 7. The smallest absolute Gasteiger partial charge is 0.233 e. The maximum absolute atomic E-state index is 5.74. The van der Waals surface area contributed by atoms with Crippen LogP contribution in [0.5, 0.6) is 0 Å². The summed E-state index contributed by atoms with van der Waals surface area (Å²) < 4.78 is 5.26. The molecule has 8 heteroatoms. The Labute approximate surface area is 121 Å². The van der Waals surface area contributed by atoms with Gasteiger partial charge in [0.1, 0.15) is 5.82 Å². The van der Waals surface area contributed by atoms with E-state index in [4.69, 9.17) is 10.3 Å². The molecule has 0 aliphatic heterocycles. The first-order chi connectivity index (χ1) is 10.1. The molecular formula is C13H15N7O. The summed E-state index contributed by atoms with van der Waals surface area (Å²) in [5, 5.41) is 11.0. The minimum atomic E-state index is 0.394. The Morgan fingerprint density at radius 1 is 1.33 bits per heavy atom. The van der Waals surface area contributed by atoms with E-state index in [1.165, 1.54) is 0 Å². The van der Waals surface area contributed by atoms with Crippen LogP contribution in [0.1, 0.15) is 17.1 Å². The molecule has 3 heterocycles. The number of nitrogens with zero attached hydrogens (tertiary/aromatic N) is 5. The zero-order chi connectivity index (χ0) is 14.8. The number of rotatable bonds is 4. The molecule has 0 saturated heterocycles. The average Bonchev–Trinajstić information content (AvgIpc) is 3.05. The molecule has 8 nitrogen and oxygen atoms in total. The van der Waals surface area contributed by atoms with Crippen LogP contribution >= 0.6 is 0 Å². The van der Waals surface area contributed by atoms with Gasteiger partial charge in [0.05, 0.1) is 12.2 Å². The molecule has 0 aromatic carbocycles. The summed E-state index contributed by atoms with van der Waals surface area (Å²) in [6.45, 7) is 4.20. The van der Waals surface area contributed by atoms with Crippen LogP contribution in [0, 0.1) is 13.8 Å². The predicted octanol–water partition coefficient (Wildman–Crippen LogP) is 1.73. The van der Waals surface area contributed by atoms with Crippen LogP contribution in [0.25, 0.3) is 0 Å². The Kier molecular flexibility index (Phi) is 3.27. The average molecular weight is 285 g/mol. The van der Waals surface area contributed by atoms with E-state index in [-0.39, 0.29) is 0 Å². The lowest BCUT2D eigenvalue weighted by atomic mass is 10.3. The van der Waals surface area contributed by atoms with Crippen molar-refractivity contribution in [1.82, 2.24) is 25.3 Å². The van der Waals surface area contributed by atoms with Gasteiger partial charge in [0.15, 0.2) is 11.6 Å². The molecule has 0 spiro atoms. The molecule has 0 fully saturated rings. The fourth-order valence-corrected chi connectivity index (χ4v) is 1.93. The molecule has 3 aromatic rings. The summed E-state index contributed by atoms with van der Waals surface area (Å²) in [5.74, 6) is 2.23. The standard InChI is InChI=1S/C13H15N7O/c1-8-6-12(18-17-8)20(7-10-5-9(2)19-21-10)13-15-4-3-11(14)16-13/h3-6H,7H2,1-2H3,(H,17,18)(H2,14,15,16). The summed E-state index contributed by atoms with van der Waals surface area (Å²) in [6, 6.07) is 5.39. The molecular weight excluding hydrogens is 270 g/mol. The van der Waals surface area contributed by atoms with Crippen LogP contribution in [-0.4, -0.2) is 25.3 Å². The van der Waals surface area contributed by atoms with Crippen molar-refractivity contribution in [3.8, 4) is 0 Å². The third-order valence-electron chi connectivity index (χ3n) is 2.87. The Hall–Kier alpha value is -2.90. The lowest BCUT2D eigenvalue weighted by Crippen LogP contribution is -2.19. The van der Waals surface area contributed by atoms with Crippen LogP contribution in [0.15, 0.2) is 28.9 Å².